The summed E-state index contributed by atoms with van der Waals surface area (Å²) in [5.41, 5.74) is 0. The quantitative estimate of drug-likeness (QED) is 0.374. The summed E-state index contributed by atoms with van der Waals surface area (Å²) in [6.07, 6.45) is 0.205. The van der Waals surface area contributed by atoms with Gasteiger partial charge in [-0.1, -0.05) is 35.0 Å². The molecule has 0 aliphatic rings. The summed E-state index contributed by atoms with van der Waals surface area (Å²) >= 11 is 12.9. The van der Waals surface area contributed by atoms with Gasteiger partial charge in [-0.2, -0.15) is 9.78 Å². The number of rotatable bonds is 7. The molecule has 2 aromatic heterocycles. The third kappa shape index (κ3) is 4.79. The SMILES string of the molecule is CSc1nnc(C(F)F)n1/N=C\c1ccc(COc2ccc(Cl)c(Cl)c2)o1. The molecule has 142 valence electrons. The lowest BCUT2D eigenvalue weighted by Gasteiger charge is -2.05. The van der Waals surface area contributed by atoms with Crippen LogP contribution < -0.4 is 4.74 Å². The normalized spacial score (nSPS) is 11.6. The molecule has 3 aromatic rings. The number of halogens is 4. The van der Waals surface area contributed by atoms with Crippen molar-refractivity contribution in [1.29, 1.82) is 0 Å². The molecule has 0 saturated carbocycles. The van der Waals surface area contributed by atoms with E-state index in [1.165, 1.54) is 6.21 Å². The second kappa shape index (κ2) is 8.73. The van der Waals surface area contributed by atoms with E-state index in [2.05, 4.69) is 15.3 Å². The molecule has 0 aliphatic carbocycles. The Hall–Kier alpha value is -2.10. The second-order valence-corrected chi connectivity index (χ2v) is 6.66. The molecule has 3 rings (SSSR count). The highest BCUT2D eigenvalue weighted by Gasteiger charge is 2.19. The molecule has 11 heteroatoms. The van der Waals surface area contributed by atoms with Gasteiger partial charge < -0.3 is 9.15 Å². The first-order valence-corrected chi connectivity index (χ1v) is 9.44. The van der Waals surface area contributed by atoms with Crippen molar-refractivity contribution in [2.24, 2.45) is 5.10 Å². The topological polar surface area (TPSA) is 65.4 Å². The number of ether oxygens (including phenoxy) is 1. The predicted octanol–water partition coefficient (Wildman–Crippen LogP) is 5.30. The van der Waals surface area contributed by atoms with Gasteiger partial charge in [-0.15, -0.1) is 10.2 Å². The summed E-state index contributed by atoms with van der Waals surface area (Å²) in [6, 6.07) is 8.23. The number of furan rings is 1. The van der Waals surface area contributed by atoms with E-state index in [9.17, 15) is 8.78 Å². The molecule has 0 saturated heterocycles. The Bertz CT molecular complexity index is 962. The van der Waals surface area contributed by atoms with Crippen LogP contribution in [0.3, 0.4) is 0 Å². The highest BCUT2D eigenvalue weighted by Crippen LogP contribution is 2.27. The Labute approximate surface area is 167 Å². The van der Waals surface area contributed by atoms with Gasteiger partial charge in [0, 0.05) is 6.07 Å². The van der Waals surface area contributed by atoms with Crippen LogP contribution in [0.4, 0.5) is 8.78 Å². The van der Waals surface area contributed by atoms with Crippen LogP contribution in [0.1, 0.15) is 23.8 Å². The second-order valence-electron chi connectivity index (χ2n) is 5.07. The standard InChI is InChI=1S/C16H12Cl2F2N4O2S/c1-27-16-23-22-15(14(19)20)24(16)21-7-10-2-3-11(26-10)8-25-9-4-5-12(17)13(18)6-9/h2-7,14H,8H2,1H3/b21-7-. The third-order valence-electron chi connectivity index (χ3n) is 3.27. The van der Waals surface area contributed by atoms with Crippen molar-refractivity contribution >= 4 is 41.2 Å². The fourth-order valence-electron chi connectivity index (χ4n) is 2.03. The van der Waals surface area contributed by atoms with Crippen molar-refractivity contribution < 1.29 is 17.9 Å². The number of benzene rings is 1. The first-order chi connectivity index (χ1) is 13.0. The lowest BCUT2D eigenvalue weighted by Crippen LogP contribution is -2.00. The number of hydrogen-bond acceptors (Lipinski definition) is 6. The van der Waals surface area contributed by atoms with Crippen LogP contribution in [0.2, 0.25) is 10.0 Å². The van der Waals surface area contributed by atoms with Crippen LogP contribution in [0.15, 0.2) is 45.0 Å². The molecule has 0 N–H and O–H groups in total. The van der Waals surface area contributed by atoms with E-state index in [0.717, 1.165) is 16.4 Å². The van der Waals surface area contributed by atoms with E-state index in [-0.39, 0.29) is 11.8 Å². The first-order valence-electron chi connectivity index (χ1n) is 7.46. The van der Waals surface area contributed by atoms with E-state index in [1.54, 1.807) is 36.6 Å². The van der Waals surface area contributed by atoms with Crippen molar-refractivity contribution in [1.82, 2.24) is 14.9 Å². The van der Waals surface area contributed by atoms with Crippen LogP contribution >= 0.6 is 35.0 Å². The smallest absolute Gasteiger partial charge is 0.299 e. The largest absolute Gasteiger partial charge is 0.486 e. The Kier molecular flexibility index (Phi) is 6.35. The van der Waals surface area contributed by atoms with Crippen LogP contribution in [0, 0.1) is 0 Å². The Morgan fingerprint density at radius 3 is 2.78 bits per heavy atom. The maximum absolute atomic E-state index is 13.0. The monoisotopic (exact) mass is 432 g/mol. The van der Waals surface area contributed by atoms with Gasteiger partial charge in [-0.25, -0.2) is 8.78 Å². The third-order valence-corrected chi connectivity index (χ3v) is 4.63. The fraction of sp³-hybridized carbons (Fsp3) is 0.188. The van der Waals surface area contributed by atoms with Gasteiger partial charge in [0.1, 0.15) is 23.9 Å². The molecule has 0 atom stereocenters. The molecule has 2 heterocycles. The summed E-state index contributed by atoms with van der Waals surface area (Å²) in [5, 5.41) is 12.1. The van der Waals surface area contributed by atoms with Crippen molar-refractivity contribution in [3.63, 3.8) is 0 Å². The molecule has 27 heavy (non-hydrogen) atoms. The van der Waals surface area contributed by atoms with Crippen LogP contribution in [-0.4, -0.2) is 27.3 Å². The van der Waals surface area contributed by atoms with E-state index in [1.807, 2.05) is 0 Å². The van der Waals surface area contributed by atoms with Gasteiger partial charge >= 0.3 is 0 Å². The van der Waals surface area contributed by atoms with E-state index >= 15 is 0 Å². The minimum atomic E-state index is -2.79. The maximum atomic E-state index is 13.0. The molecule has 0 aliphatic heterocycles. The van der Waals surface area contributed by atoms with Crippen molar-refractivity contribution in [2.75, 3.05) is 6.26 Å². The van der Waals surface area contributed by atoms with Crippen molar-refractivity contribution in [3.8, 4) is 5.75 Å². The fourth-order valence-corrected chi connectivity index (χ4v) is 2.75. The molecule has 0 spiro atoms. The zero-order chi connectivity index (χ0) is 19.4. The predicted molar refractivity (Wildman–Crippen MR) is 99.3 cm³/mol. The van der Waals surface area contributed by atoms with Gasteiger partial charge in [0.25, 0.3) is 6.43 Å². The van der Waals surface area contributed by atoms with E-state index in [4.69, 9.17) is 32.4 Å². The van der Waals surface area contributed by atoms with Gasteiger partial charge in [-0.3, -0.25) is 0 Å². The van der Waals surface area contributed by atoms with Gasteiger partial charge in [-0.05, 0) is 30.5 Å². The molecular formula is C16H12Cl2F2N4O2S. The summed E-state index contributed by atoms with van der Waals surface area (Å²) in [6.45, 7) is 0.150. The van der Waals surface area contributed by atoms with Gasteiger partial charge in [0.15, 0.2) is 0 Å². The molecule has 0 amide bonds. The Balaban J connectivity index is 1.68. The Morgan fingerprint density at radius 1 is 1.26 bits per heavy atom. The lowest BCUT2D eigenvalue weighted by molar-refractivity contribution is 0.135. The number of thioether (sulfide) groups is 1. The lowest BCUT2D eigenvalue weighted by atomic mass is 10.3. The summed E-state index contributed by atoms with van der Waals surface area (Å²) in [4.78, 5) is 0. The Morgan fingerprint density at radius 2 is 2.07 bits per heavy atom. The highest BCUT2D eigenvalue weighted by atomic mass is 35.5. The minimum absolute atomic E-state index is 0.150. The van der Waals surface area contributed by atoms with Crippen LogP contribution in [0.5, 0.6) is 5.75 Å². The van der Waals surface area contributed by atoms with E-state index < -0.39 is 12.2 Å². The average Bonchev–Trinajstić information content (AvgIpc) is 3.27. The highest BCUT2D eigenvalue weighted by molar-refractivity contribution is 7.98. The number of nitrogens with zero attached hydrogens (tertiary/aromatic N) is 4. The molecule has 6 nitrogen and oxygen atoms in total. The number of alkyl halides is 2. The number of hydrogen-bond donors (Lipinski definition) is 0. The first kappa shape index (κ1) is 19.7. The molecule has 1 aromatic carbocycles. The molecule has 0 unspecified atom stereocenters. The maximum Gasteiger partial charge on any atom is 0.299 e. The average molecular weight is 433 g/mol. The summed E-state index contributed by atoms with van der Waals surface area (Å²) in [5.74, 6) is 0.881. The van der Waals surface area contributed by atoms with Crippen LogP contribution in [-0.2, 0) is 6.61 Å². The summed E-state index contributed by atoms with van der Waals surface area (Å²) < 4.78 is 38.0. The molecule has 0 fully saturated rings. The van der Waals surface area contributed by atoms with Crippen molar-refractivity contribution in [2.45, 2.75) is 18.2 Å². The van der Waals surface area contributed by atoms with Crippen LogP contribution in [0.25, 0.3) is 0 Å². The van der Waals surface area contributed by atoms with Gasteiger partial charge in [0.05, 0.1) is 16.3 Å². The summed E-state index contributed by atoms with van der Waals surface area (Å²) in [7, 11) is 0. The number of aromatic nitrogens is 3. The zero-order valence-corrected chi connectivity index (χ0v) is 16.1. The molecule has 0 bridgehead atoms. The van der Waals surface area contributed by atoms with Crippen molar-refractivity contribution in [3.05, 3.63) is 57.7 Å². The molecular weight excluding hydrogens is 421 g/mol. The van der Waals surface area contributed by atoms with E-state index in [0.29, 0.717) is 27.3 Å². The molecule has 0 radical (unpaired) electrons. The zero-order valence-electron chi connectivity index (χ0n) is 13.8. The van der Waals surface area contributed by atoms with Gasteiger partial charge in [0.2, 0.25) is 11.0 Å². The minimum Gasteiger partial charge on any atom is -0.486 e.